The number of allylic oxidation sites excluding steroid dienone is 2. The highest BCUT2D eigenvalue weighted by atomic mass is 35.5. The fraction of sp³-hybridized carbons (Fsp3) is 0.250. The molecule has 148 valence electrons. The molecule has 4 rings (SSSR count). The summed E-state index contributed by atoms with van der Waals surface area (Å²) in [6.45, 7) is 12.7. The highest BCUT2D eigenvalue weighted by molar-refractivity contribution is 6.31. The van der Waals surface area contributed by atoms with E-state index in [0.29, 0.717) is 38.4 Å². The Hall–Kier alpha value is -2.85. The highest BCUT2D eigenvalue weighted by Crippen LogP contribution is 2.60. The Balaban J connectivity index is 2.04. The summed E-state index contributed by atoms with van der Waals surface area (Å²) in [7, 11) is 0. The molecule has 2 aliphatic rings. The number of carbonyl (C=O) groups excluding carboxylic acids is 2. The zero-order valence-corrected chi connectivity index (χ0v) is 17.4. The fourth-order valence-corrected chi connectivity index (χ4v) is 4.39. The molecule has 2 aliphatic carbocycles. The molecule has 29 heavy (non-hydrogen) atoms. The molecule has 0 amide bonds. The summed E-state index contributed by atoms with van der Waals surface area (Å²) in [5.41, 5.74) is 3.63. The van der Waals surface area contributed by atoms with Crippen LogP contribution in [0, 0.1) is 0 Å². The number of ether oxygens (including phenoxy) is 2. The van der Waals surface area contributed by atoms with Crippen LogP contribution in [-0.4, -0.2) is 11.9 Å². The molecular formula is C24H21ClO4. The standard InChI is InChI=1S/C24H21ClO4/c1-11(2)23(26)28-21-16-7-6-15(25)10-18(16)22(29-24(27)12(3)4)19-14-8-13(5)17(9-14)20(19)21/h6-8,10,14,17H,1,3,9H2,2,4-5H3. The lowest BCUT2D eigenvalue weighted by molar-refractivity contribution is -0.131. The summed E-state index contributed by atoms with van der Waals surface area (Å²) in [5.74, 6) is 0.189. The second kappa shape index (κ2) is 6.89. The molecule has 5 heteroatoms. The topological polar surface area (TPSA) is 52.6 Å². The van der Waals surface area contributed by atoms with Crippen LogP contribution >= 0.6 is 11.6 Å². The average Bonchev–Trinajstić information content (AvgIpc) is 3.21. The molecule has 0 radical (unpaired) electrons. The van der Waals surface area contributed by atoms with Crippen molar-refractivity contribution in [3.8, 4) is 11.5 Å². The molecule has 0 saturated heterocycles. The van der Waals surface area contributed by atoms with Gasteiger partial charge in [0.15, 0.2) is 0 Å². The highest BCUT2D eigenvalue weighted by Gasteiger charge is 2.43. The number of hydrogen-bond donors (Lipinski definition) is 0. The Labute approximate surface area is 174 Å². The van der Waals surface area contributed by atoms with Gasteiger partial charge in [-0.15, -0.1) is 0 Å². The minimum absolute atomic E-state index is 0.0913. The van der Waals surface area contributed by atoms with Gasteiger partial charge >= 0.3 is 11.9 Å². The molecule has 0 aromatic heterocycles. The van der Waals surface area contributed by atoms with Crippen LogP contribution in [0.4, 0.5) is 0 Å². The van der Waals surface area contributed by atoms with Gasteiger partial charge in [0.25, 0.3) is 0 Å². The van der Waals surface area contributed by atoms with Gasteiger partial charge in [0.05, 0.1) is 0 Å². The minimum atomic E-state index is -0.497. The van der Waals surface area contributed by atoms with Crippen molar-refractivity contribution in [3.05, 3.63) is 70.3 Å². The summed E-state index contributed by atoms with van der Waals surface area (Å²) in [4.78, 5) is 24.8. The van der Waals surface area contributed by atoms with Gasteiger partial charge in [-0.3, -0.25) is 0 Å². The molecule has 0 heterocycles. The second-order valence-corrected chi connectivity index (χ2v) is 8.26. The van der Waals surface area contributed by atoms with Gasteiger partial charge in [0.1, 0.15) is 11.5 Å². The SMILES string of the molecule is C=C(C)C(=O)Oc1c2c(c(OC(=O)C(=C)C)c3ccc(Cl)cc13)C1CC2C=C1C. The number of rotatable bonds is 4. The molecule has 2 atom stereocenters. The van der Waals surface area contributed by atoms with Crippen molar-refractivity contribution in [1.29, 1.82) is 0 Å². The van der Waals surface area contributed by atoms with Crippen LogP contribution < -0.4 is 9.47 Å². The first-order valence-electron chi connectivity index (χ1n) is 9.41. The zero-order chi connectivity index (χ0) is 21.0. The van der Waals surface area contributed by atoms with E-state index in [2.05, 4.69) is 26.2 Å². The largest absolute Gasteiger partial charge is 0.422 e. The lowest BCUT2D eigenvalue weighted by atomic mass is 9.87. The summed E-state index contributed by atoms with van der Waals surface area (Å²) < 4.78 is 11.6. The van der Waals surface area contributed by atoms with Gasteiger partial charge in [-0.25, -0.2) is 9.59 Å². The normalized spacial score (nSPS) is 19.0. The fourth-order valence-electron chi connectivity index (χ4n) is 4.22. The molecule has 2 bridgehead atoms. The first-order valence-corrected chi connectivity index (χ1v) is 9.79. The number of fused-ring (bicyclic) bond motifs is 6. The first kappa shape index (κ1) is 19.5. The Morgan fingerprint density at radius 2 is 1.59 bits per heavy atom. The van der Waals surface area contributed by atoms with Crippen molar-refractivity contribution in [2.75, 3.05) is 0 Å². The maximum absolute atomic E-state index is 12.4. The van der Waals surface area contributed by atoms with Gasteiger partial charge in [-0.05, 0) is 45.4 Å². The van der Waals surface area contributed by atoms with E-state index in [1.54, 1.807) is 32.0 Å². The molecule has 0 saturated carbocycles. The minimum Gasteiger partial charge on any atom is -0.422 e. The number of hydrogen-bond acceptors (Lipinski definition) is 4. The van der Waals surface area contributed by atoms with Crippen molar-refractivity contribution in [2.45, 2.75) is 39.0 Å². The van der Waals surface area contributed by atoms with Gasteiger partial charge in [0.2, 0.25) is 0 Å². The molecular weight excluding hydrogens is 388 g/mol. The Kier molecular flexibility index (Phi) is 4.62. The van der Waals surface area contributed by atoms with E-state index in [4.69, 9.17) is 21.1 Å². The lowest BCUT2D eigenvalue weighted by Crippen LogP contribution is -2.15. The van der Waals surface area contributed by atoms with Gasteiger partial charge in [0, 0.05) is 49.9 Å². The number of carbonyl (C=O) groups is 2. The molecule has 0 spiro atoms. The summed E-state index contributed by atoms with van der Waals surface area (Å²) in [5, 5.41) is 1.80. The van der Waals surface area contributed by atoms with E-state index < -0.39 is 11.9 Å². The molecule has 0 aliphatic heterocycles. The van der Waals surface area contributed by atoms with E-state index in [0.717, 1.165) is 17.5 Å². The monoisotopic (exact) mass is 408 g/mol. The quantitative estimate of drug-likeness (QED) is 0.270. The Bertz CT molecular complexity index is 1160. The van der Waals surface area contributed by atoms with Crippen molar-refractivity contribution in [2.24, 2.45) is 0 Å². The number of esters is 2. The first-order chi connectivity index (χ1) is 13.7. The second-order valence-electron chi connectivity index (χ2n) is 7.82. The van der Waals surface area contributed by atoms with Crippen LogP contribution in [0.1, 0.15) is 50.2 Å². The van der Waals surface area contributed by atoms with Crippen LogP contribution in [-0.2, 0) is 9.59 Å². The third-order valence-electron chi connectivity index (χ3n) is 5.56. The third-order valence-corrected chi connectivity index (χ3v) is 5.79. The predicted molar refractivity (Wildman–Crippen MR) is 114 cm³/mol. The molecule has 0 fully saturated rings. The number of benzene rings is 2. The van der Waals surface area contributed by atoms with Crippen LogP contribution in [0.5, 0.6) is 11.5 Å². The van der Waals surface area contributed by atoms with E-state index in [1.165, 1.54) is 5.57 Å². The predicted octanol–water partition coefficient (Wildman–Crippen LogP) is 5.99. The van der Waals surface area contributed by atoms with Crippen molar-refractivity contribution in [3.63, 3.8) is 0 Å². The number of halogens is 1. The molecule has 2 unspecified atom stereocenters. The summed E-state index contributed by atoms with van der Waals surface area (Å²) in [6, 6.07) is 5.26. The molecule has 0 N–H and O–H groups in total. The van der Waals surface area contributed by atoms with Crippen molar-refractivity contribution >= 4 is 34.3 Å². The molecule has 4 nitrogen and oxygen atoms in total. The average molecular weight is 409 g/mol. The van der Waals surface area contributed by atoms with E-state index in [-0.39, 0.29) is 11.8 Å². The van der Waals surface area contributed by atoms with E-state index in [9.17, 15) is 9.59 Å². The summed E-state index contributed by atoms with van der Waals surface area (Å²) in [6.07, 6.45) is 3.05. The zero-order valence-electron chi connectivity index (χ0n) is 16.6. The summed E-state index contributed by atoms with van der Waals surface area (Å²) >= 11 is 6.26. The van der Waals surface area contributed by atoms with Crippen LogP contribution in [0.25, 0.3) is 10.8 Å². The van der Waals surface area contributed by atoms with Crippen molar-refractivity contribution in [1.82, 2.24) is 0 Å². The van der Waals surface area contributed by atoms with Crippen LogP contribution in [0.15, 0.2) is 54.2 Å². The van der Waals surface area contributed by atoms with Gasteiger partial charge < -0.3 is 9.47 Å². The van der Waals surface area contributed by atoms with Gasteiger partial charge in [-0.1, -0.05) is 36.4 Å². The van der Waals surface area contributed by atoms with Crippen LogP contribution in [0.3, 0.4) is 0 Å². The van der Waals surface area contributed by atoms with Crippen LogP contribution in [0.2, 0.25) is 5.02 Å². The maximum atomic E-state index is 12.4. The van der Waals surface area contributed by atoms with E-state index >= 15 is 0 Å². The van der Waals surface area contributed by atoms with Crippen molar-refractivity contribution < 1.29 is 19.1 Å². The Morgan fingerprint density at radius 1 is 1.00 bits per heavy atom. The molecule has 2 aromatic carbocycles. The lowest BCUT2D eigenvalue weighted by Gasteiger charge is -2.24. The van der Waals surface area contributed by atoms with Gasteiger partial charge in [-0.2, -0.15) is 0 Å². The van der Waals surface area contributed by atoms with E-state index in [1.807, 2.05) is 0 Å². The smallest absolute Gasteiger partial charge is 0.338 e. The molecule has 2 aromatic rings. The Morgan fingerprint density at radius 3 is 2.17 bits per heavy atom. The third kappa shape index (κ3) is 3.08. The maximum Gasteiger partial charge on any atom is 0.338 e.